The molecule has 1 amide bonds. The van der Waals surface area contributed by atoms with Crippen molar-refractivity contribution in [3.05, 3.63) is 35.4 Å². The van der Waals surface area contributed by atoms with E-state index in [1.54, 1.807) is 0 Å². The van der Waals surface area contributed by atoms with Crippen LogP contribution in [0.25, 0.3) is 0 Å². The quantitative estimate of drug-likeness (QED) is 0.873. The summed E-state index contributed by atoms with van der Waals surface area (Å²) in [4.78, 5) is 14.0. The Kier molecular flexibility index (Phi) is 8.44. The van der Waals surface area contributed by atoms with Gasteiger partial charge >= 0.3 is 0 Å². The average molecular weight is 285 g/mol. The van der Waals surface area contributed by atoms with Crippen LogP contribution in [-0.2, 0) is 11.3 Å². The van der Waals surface area contributed by atoms with Gasteiger partial charge in [-0.25, -0.2) is 0 Å². The lowest BCUT2D eigenvalue weighted by Gasteiger charge is -2.25. The maximum Gasteiger partial charge on any atom is 0.239 e. The van der Waals surface area contributed by atoms with Crippen LogP contribution in [0, 0.1) is 6.92 Å². The van der Waals surface area contributed by atoms with Crippen LogP contribution in [0.3, 0.4) is 0 Å². The predicted molar refractivity (Wildman–Crippen MR) is 82.4 cm³/mol. The van der Waals surface area contributed by atoms with E-state index in [0.717, 1.165) is 12.8 Å². The topological polar surface area (TPSA) is 46.3 Å². The molecule has 4 heteroatoms. The molecule has 0 bridgehead atoms. The van der Waals surface area contributed by atoms with E-state index in [1.807, 2.05) is 30.9 Å². The molecular weight excluding hydrogens is 260 g/mol. The summed E-state index contributed by atoms with van der Waals surface area (Å²) in [5.41, 5.74) is 8.31. The lowest BCUT2D eigenvalue weighted by Crippen LogP contribution is -2.43. The molecule has 1 atom stereocenters. The summed E-state index contributed by atoms with van der Waals surface area (Å²) in [6, 6.07) is 7.79. The monoisotopic (exact) mass is 284 g/mol. The fraction of sp³-hybridized carbons (Fsp3) is 0.533. The second-order valence-corrected chi connectivity index (χ2v) is 4.67. The van der Waals surface area contributed by atoms with Crippen LogP contribution >= 0.6 is 12.4 Å². The standard InChI is InChI=1S/C15H24N2O.ClH/c1-4-8-14(16)15(18)17(5-2)11-13-10-7-6-9-12(13)3;/h6-7,9-10,14H,4-5,8,11,16H2,1-3H3;1H. The third-order valence-electron chi connectivity index (χ3n) is 3.23. The van der Waals surface area contributed by atoms with Crippen molar-refractivity contribution < 1.29 is 4.79 Å². The van der Waals surface area contributed by atoms with Crippen LogP contribution in [0.2, 0.25) is 0 Å². The first-order chi connectivity index (χ1) is 8.60. The van der Waals surface area contributed by atoms with E-state index in [0.29, 0.717) is 13.1 Å². The third-order valence-corrected chi connectivity index (χ3v) is 3.23. The largest absolute Gasteiger partial charge is 0.337 e. The van der Waals surface area contributed by atoms with Gasteiger partial charge in [-0.15, -0.1) is 12.4 Å². The number of hydrogen-bond donors (Lipinski definition) is 1. The van der Waals surface area contributed by atoms with Gasteiger partial charge in [-0.2, -0.15) is 0 Å². The Morgan fingerprint density at radius 2 is 1.95 bits per heavy atom. The van der Waals surface area contributed by atoms with Crippen molar-refractivity contribution in [1.29, 1.82) is 0 Å². The predicted octanol–water partition coefficient (Wildman–Crippen LogP) is 2.89. The van der Waals surface area contributed by atoms with E-state index in [4.69, 9.17) is 5.73 Å². The van der Waals surface area contributed by atoms with Crippen molar-refractivity contribution in [3.8, 4) is 0 Å². The number of carbonyl (C=O) groups is 1. The molecule has 0 fully saturated rings. The first-order valence-corrected chi connectivity index (χ1v) is 6.69. The van der Waals surface area contributed by atoms with Crippen LogP contribution in [-0.4, -0.2) is 23.4 Å². The number of benzene rings is 1. The lowest BCUT2D eigenvalue weighted by molar-refractivity contribution is -0.133. The minimum Gasteiger partial charge on any atom is -0.337 e. The Bertz CT molecular complexity index is 395. The second kappa shape index (κ2) is 8.94. The maximum atomic E-state index is 12.2. The number of nitrogens with two attached hydrogens (primary N) is 1. The second-order valence-electron chi connectivity index (χ2n) is 4.67. The Morgan fingerprint density at radius 1 is 1.32 bits per heavy atom. The molecule has 0 aliphatic heterocycles. The SMILES string of the molecule is CCCC(N)C(=O)N(CC)Cc1ccccc1C.Cl. The highest BCUT2D eigenvalue weighted by Crippen LogP contribution is 2.11. The molecular formula is C15H25ClN2O. The van der Waals surface area contributed by atoms with Gasteiger partial charge < -0.3 is 10.6 Å². The fourth-order valence-corrected chi connectivity index (χ4v) is 2.01. The van der Waals surface area contributed by atoms with E-state index >= 15 is 0 Å². The molecule has 1 aromatic rings. The molecule has 1 rings (SSSR count). The summed E-state index contributed by atoms with van der Waals surface area (Å²) in [5, 5.41) is 0. The van der Waals surface area contributed by atoms with Gasteiger partial charge in [-0.1, -0.05) is 37.6 Å². The van der Waals surface area contributed by atoms with Crippen molar-refractivity contribution >= 4 is 18.3 Å². The van der Waals surface area contributed by atoms with Gasteiger partial charge in [0, 0.05) is 13.1 Å². The molecule has 3 nitrogen and oxygen atoms in total. The number of halogens is 1. The zero-order valence-electron chi connectivity index (χ0n) is 12.1. The number of hydrogen-bond acceptors (Lipinski definition) is 2. The number of rotatable bonds is 6. The number of nitrogens with zero attached hydrogens (tertiary/aromatic N) is 1. The third kappa shape index (κ3) is 5.21. The van der Waals surface area contributed by atoms with Crippen molar-refractivity contribution in [2.75, 3.05) is 6.54 Å². The van der Waals surface area contributed by atoms with E-state index in [2.05, 4.69) is 19.1 Å². The average Bonchev–Trinajstić information content (AvgIpc) is 2.37. The lowest BCUT2D eigenvalue weighted by atomic mass is 10.1. The molecule has 0 aliphatic rings. The molecule has 1 aromatic carbocycles. The minimum absolute atomic E-state index is 0. The summed E-state index contributed by atoms with van der Waals surface area (Å²) < 4.78 is 0. The van der Waals surface area contributed by atoms with Crippen LogP contribution in [0.15, 0.2) is 24.3 Å². The van der Waals surface area contributed by atoms with Crippen molar-refractivity contribution in [1.82, 2.24) is 4.90 Å². The molecule has 0 radical (unpaired) electrons. The smallest absolute Gasteiger partial charge is 0.239 e. The molecule has 0 heterocycles. The molecule has 0 saturated heterocycles. The first-order valence-electron chi connectivity index (χ1n) is 6.69. The normalized spacial score (nSPS) is 11.6. The van der Waals surface area contributed by atoms with Gasteiger partial charge in [0.1, 0.15) is 0 Å². The molecule has 0 saturated carbocycles. The molecule has 1 unspecified atom stereocenters. The van der Waals surface area contributed by atoms with Gasteiger partial charge in [-0.3, -0.25) is 4.79 Å². The van der Waals surface area contributed by atoms with E-state index in [9.17, 15) is 4.79 Å². The Balaban J connectivity index is 0.00000324. The zero-order chi connectivity index (χ0) is 13.5. The van der Waals surface area contributed by atoms with Gasteiger partial charge in [0.15, 0.2) is 0 Å². The van der Waals surface area contributed by atoms with E-state index < -0.39 is 0 Å². The van der Waals surface area contributed by atoms with Gasteiger partial charge in [0.2, 0.25) is 5.91 Å². The zero-order valence-corrected chi connectivity index (χ0v) is 12.9. The van der Waals surface area contributed by atoms with Crippen LogP contribution < -0.4 is 5.73 Å². The van der Waals surface area contributed by atoms with Crippen molar-refractivity contribution in [2.24, 2.45) is 5.73 Å². The molecule has 0 aliphatic carbocycles. The highest BCUT2D eigenvalue weighted by atomic mass is 35.5. The molecule has 0 aromatic heterocycles. The van der Waals surface area contributed by atoms with Crippen molar-refractivity contribution in [3.63, 3.8) is 0 Å². The van der Waals surface area contributed by atoms with Gasteiger partial charge in [0.25, 0.3) is 0 Å². The Hall–Kier alpha value is -1.06. The fourth-order valence-electron chi connectivity index (χ4n) is 2.01. The highest BCUT2D eigenvalue weighted by Gasteiger charge is 2.19. The summed E-state index contributed by atoms with van der Waals surface area (Å²) in [7, 11) is 0. The van der Waals surface area contributed by atoms with Crippen molar-refractivity contribution in [2.45, 2.75) is 46.2 Å². The maximum absolute atomic E-state index is 12.2. The highest BCUT2D eigenvalue weighted by molar-refractivity contribution is 5.85. The van der Waals surface area contributed by atoms with Gasteiger partial charge in [-0.05, 0) is 31.4 Å². The number of aryl methyl sites for hydroxylation is 1. The molecule has 19 heavy (non-hydrogen) atoms. The first kappa shape index (κ1) is 17.9. The number of amides is 1. The minimum atomic E-state index is -0.362. The summed E-state index contributed by atoms with van der Waals surface area (Å²) in [6.07, 6.45) is 1.69. The summed E-state index contributed by atoms with van der Waals surface area (Å²) in [5.74, 6) is 0.0580. The number of likely N-dealkylation sites (N-methyl/N-ethyl adjacent to an activating group) is 1. The van der Waals surface area contributed by atoms with E-state index in [1.165, 1.54) is 11.1 Å². The van der Waals surface area contributed by atoms with E-state index in [-0.39, 0.29) is 24.4 Å². The summed E-state index contributed by atoms with van der Waals surface area (Å²) in [6.45, 7) is 7.46. The van der Waals surface area contributed by atoms with Crippen LogP contribution in [0.4, 0.5) is 0 Å². The molecule has 0 spiro atoms. The van der Waals surface area contributed by atoms with Crippen LogP contribution in [0.1, 0.15) is 37.8 Å². The Labute approximate surface area is 122 Å². The summed E-state index contributed by atoms with van der Waals surface area (Å²) >= 11 is 0. The number of carbonyl (C=O) groups excluding carboxylic acids is 1. The van der Waals surface area contributed by atoms with Crippen LogP contribution in [0.5, 0.6) is 0 Å². The molecule has 2 N–H and O–H groups in total. The van der Waals surface area contributed by atoms with Gasteiger partial charge in [0.05, 0.1) is 6.04 Å². The Morgan fingerprint density at radius 3 is 2.47 bits per heavy atom. The molecule has 108 valence electrons.